The second-order valence-corrected chi connectivity index (χ2v) is 6.48. The summed E-state index contributed by atoms with van der Waals surface area (Å²) in [6, 6.07) is 7.94. The molecule has 0 aliphatic heterocycles. The Bertz CT molecular complexity index is 556. The lowest BCUT2D eigenvalue weighted by molar-refractivity contribution is -0.127. The number of likely N-dealkylation sites (N-methyl/N-ethyl adjacent to an activating group) is 1. The second-order valence-electron chi connectivity index (χ2n) is 6.48. The van der Waals surface area contributed by atoms with Crippen molar-refractivity contribution >= 4 is 11.9 Å². The number of nitrogens with zero attached hydrogens (tertiary/aromatic N) is 2. The quantitative estimate of drug-likeness (QED) is 0.531. The Morgan fingerprint density at radius 1 is 1.24 bits per heavy atom. The minimum absolute atomic E-state index is 0.00280. The van der Waals surface area contributed by atoms with Crippen molar-refractivity contribution in [3.8, 4) is 5.75 Å². The molecule has 0 unspecified atom stereocenters. The third-order valence-corrected chi connectivity index (χ3v) is 3.58. The van der Waals surface area contributed by atoms with E-state index in [1.807, 2.05) is 31.2 Å². The zero-order valence-electron chi connectivity index (χ0n) is 16.1. The highest BCUT2D eigenvalue weighted by Gasteiger charge is 2.07. The van der Waals surface area contributed by atoms with Crippen molar-refractivity contribution in [2.24, 2.45) is 10.9 Å². The van der Waals surface area contributed by atoms with Crippen LogP contribution in [0.2, 0.25) is 0 Å². The lowest BCUT2D eigenvalue weighted by Gasteiger charge is -2.15. The molecule has 6 nitrogen and oxygen atoms in total. The molecule has 140 valence electrons. The smallest absolute Gasteiger partial charge is 0.241 e. The van der Waals surface area contributed by atoms with Crippen molar-refractivity contribution in [3.63, 3.8) is 0 Å². The standard InChI is InChI=1S/C19H32N4O2/c1-6-20-19(22-14-18(24)23(4)5)21-13-16-9-7-8-10-17(16)25-12-11-15(2)3/h7-10,15H,6,11-14H2,1-5H3,(H2,20,21,22). The number of hydrogen-bond acceptors (Lipinski definition) is 3. The van der Waals surface area contributed by atoms with Crippen LogP contribution in [0.25, 0.3) is 0 Å². The summed E-state index contributed by atoms with van der Waals surface area (Å²) in [5.41, 5.74) is 1.03. The SMILES string of the molecule is CCNC(=NCc1ccccc1OCCC(C)C)NCC(=O)N(C)C. The van der Waals surface area contributed by atoms with E-state index in [0.29, 0.717) is 25.0 Å². The monoisotopic (exact) mass is 348 g/mol. The molecule has 0 heterocycles. The van der Waals surface area contributed by atoms with Gasteiger partial charge >= 0.3 is 0 Å². The van der Waals surface area contributed by atoms with Crippen LogP contribution in [-0.2, 0) is 11.3 Å². The summed E-state index contributed by atoms with van der Waals surface area (Å²) in [6.07, 6.45) is 1.02. The molecule has 0 saturated heterocycles. The van der Waals surface area contributed by atoms with E-state index in [0.717, 1.165) is 24.3 Å². The highest BCUT2D eigenvalue weighted by molar-refractivity contribution is 5.86. The first-order valence-corrected chi connectivity index (χ1v) is 8.87. The van der Waals surface area contributed by atoms with E-state index in [9.17, 15) is 4.79 Å². The molecule has 0 spiro atoms. The first-order valence-electron chi connectivity index (χ1n) is 8.87. The second kappa shape index (κ2) is 11.3. The molecule has 0 aliphatic rings. The van der Waals surface area contributed by atoms with E-state index in [4.69, 9.17) is 4.74 Å². The Hall–Kier alpha value is -2.24. The molecule has 2 N–H and O–H groups in total. The molecule has 25 heavy (non-hydrogen) atoms. The molecule has 0 bridgehead atoms. The number of benzene rings is 1. The van der Waals surface area contributed by atoms with Crippen molar-refractivity contribution < 1.29 is 9.53 Å². The highest BCUT2D eigenvalue weighted by atomic mass is 16.5. The molecule has 0 atom stereocenters. The largest absolute Gasteiger partial charge is 0.493 e. The first-order chi connectivity index (χ1) is 11.9. The Morgan fingerprint density at radius 2 is 1.96 bits per heavy atom. The lowest BCUT2D eigenvalue weighted by atomic mass is 10.1. The van der Waals surface area contributed by atoms with E-state index in [2.05, 4.69) is 29.5 Å². The maximum absolute atomic E-state index is 11.7. The van der Waals surface area contributed by atoms with Crippen molar-refractivity contribution in [3.05, 3.63) is 29.8 Å². The highest BCUT2D eigenvalue weighted by Crippen LogP contribution is 2.19. The number of carbonyl (C=O) groups is 1. The first kappa shape index (κ1) is 20.8. The van der Waals surface area contributed by atoms with Gasteiger partial charge in [-0.05, 0) is 25.3 Å². The molecule has 1 amide bonds. The van der Waals surface area contributed by atoms with E-state index >= 15 is 0 Å². The zero-order chi connectivity index (χ0) is 18.7. The Balaban J connectivity index is 2.70. The van der Waals surface area contributed by atoms with Crippen molar-refractivity contribution in [2.45, 2.75) is 33.7 Å². The number of guanidine groups is 1. The molecule has 1 aromatic rings. The number of nitrogens with one attached hydrogen (secondary N) is 2. The van der Waals surface area contributed by atoms with Gasteiger partial charge in [-0.1, -0.05) is 32.0 Å². The number of aliphatic imine (C=N–C) groups is 1. The van der Waals surface area contributed by atoms with Gasteiger partial charge in [0.15, 0.2) is 5.96 Å². The minimum atomic E-state index is 0.00280. The van der Waals surface area contributed by atoms with Gasteiger partial charge in [-0.2, -0.15) is 0 Å². The fourth-order valence-electron chi connectivity index (χ4n) is 2.00. The molecule has 0 aromatic heterocycles. The van der Waals surface area contributed by atoms with Gasteiger partial charge in [-0.15, -0.1) is 0 Å². The molecule has 1 rings (SSSR count). The van der Waals surface area contributed by atoms with Crippen molar-refractivity contribution in [1.82, 2.24) is 15.5 Å². The molecular weight excluding hydrogens is 316 g/mol. The van der Waals surface area contributed by atoms with Crippen LogP contribution >= 0.6 is 0 Å². The maximum Gasteiger partial charge on any atom is 0.241 e. The van der Waals surface area contributed by atoms with Gasteiger partial charge in [0.1, 0.15) is 5.75 Å². The predicted octanol–water partition coefficient (Wildman–Crippen LogP) is 2.25. The lowest BCUT2D eigenvalue weighted by Crippen LogP contribution is -2.42. The minimum Gasteiger partial charge on any atom is -0.493 e. The van der Waals surface area contributed by atoms with Crippen LogP contribution < -0.4 is 15.4 Å². The van der Waals surface area contributed by atoms with Gasteiger partial charge in [0.05, 0.1) is 19.7 Å². The number of hydrogen-bond donors (Lipinski definition) is 2. The Morgan fingerprint density at radius 3 is 2.60 bits per heavy atom. The van der Waals surface area contributed by atoms with Crippen LogP contribution in [0.15, 0.2) is 29.3 Å². The van der Waals surface area contributed by atoms with Gasteiger partial charge < -0.3 is 20.3 Å². The number of para-hydroxylation sites is 1. The summed E-state index contributed by atoms with van der Waals surface area (Å²) in [6.45, 7) is 8.50. The Kier molecular flexibility index (Phi) is 9.43. The van der Waals surface area contributed by atoms with E-state index in [1.54, 1.807) is 19.0 Å². The Labute approximate surface area is 151 Å². The summed E-state index contributed by atoms with van der Waals surface area (Å²) in [7, 11) is 3.47. The predicted molar refractivity (Wildman–Crippen MR) is 103 cm³/mol. The van der Waals surface area contributed by atoms with Gasteiger partial charge in [-0.3, -0.25) is 4.79 Å². The maximum atomic E-state index is 11.7. The number of carbonyl (C=O) groups excluding carboxylic acids is 1. The molecule has 0 aliphatic carbocycles. The summed E-state index contributed by atoms with van der Waals surface area (Å²) in [5, 5.41) is 6.21. The summed E-state index contributed by atoms with van der Waals surface area (Å²) in [4.78, 5) is 17.8. The molecular formula is C19H32N4O2. The fraction of sp³-hybridized carbons (Fsp3) is 0.579. The van der Waals surface area contributed by atoms with E-state index in [-0.39, 0.29) is 12.5 Å². The van der Waals surface area contributed by atoms with Crippen LogP contribution in [0.5, 0.6) is 5.75 Å². The van der Waals surface area contributed by atoms with Crippen LogP contribution in [0.3, 0.4) is 0 Å². The van der Waals surface area contributed by atoms with E-state index in [1.165, 1.54) is 0 Å². The summed E-state index contributed by atoms with van der Waals surface area (Å²) >= 11 is 0. The molecule has 6 heteroatoms. The molecule has 1 aromatic carbocycles. The number of amides is 1. The number of rotatable bonds is 9. The van der Waals surface area contributed by atoms with E-state index < -0.39 is 0 Å². The fourth-order valence-corrected chi connectivity index (χ4v) is 2.00. The van der Waals surface area contributed by atoms with Gasteiger partial charge in [0, 0.05) is 26.2 Å². The molecule has 0 fully saturated rings. The van der Waals surface area contributed by atoms with Gasteiger partial charge in [0.25, 0.3) is 0 Å². The zero-order valence-corrected chi connectivity index (χ0v) is 16.1. The summed E-state index contributed by atoms with van der Waals surface area (Å²) < 4.78 is 5.90. The third kappa shape index (κ3) is 8.42. The number of ether oxygens (including phenoxy) is 1. The van der Waals surface area contributed by atoms with Crippen LogP contribution in [0.1, 0.15) is 32.8 Å². The summed E-state index contributed by atoms with van der Waals surface area (Å²) in [5.74, 6) is 2.11. The topological polar surface area (TPSA) is 66.0 Å². The average Bonchev–Trinajstić information content (AvgIpc) is 2.57. The van der Waals surface area contributed by atoms with Gasteiger partial charge in [0.2, 0.25) is 5.91 Å². The molecule has 0 saturated carbocycles. The van der Waals surface area contributed by atoms with Crippen LogP contribution in [0, 0.1) is 5.92 Å². The van der Waals surface area contributed by atoms with Crippen LogP contribution in [0.4, 0.5) is 0 Å². The van der Waals surface area contributed by atoms with Crippen molar-refractivity contribution in [2.75, 3.05) is 33.8 Å². The third-order valence-electron chi connectivity index (χ3n) is 3.58. The van der Waals surface area contributed by atoms with Crippen LogP contribution in [-0.4, -0.2) is 50.6 Å². The normalized spacial score (nSPS) is 11.4. The van der Waals surface area contributed by atoms with Gasteiger partial charge in [-0.25, -0.2) is 4.99 Å². The van der Waals surface area contributed by atoms with Crippen molar-refractivity contribution in [1.29, 1.82) is 0 Å². The molecule has 0 radical (unpaired) electrons. The average molecular weight is 348 g/mol.